The summed E-state index contributed by atoms with van der Waals surface area (Å²) in [5.41, 5.74) is -0.0904. The molecule has 3 aliphatic rings. The highest BCUT2D eigenvalue weighted by Gasteiger charge is 2.57. The molecule has 6 nitrogen and oxygen atoms in total. The van der Waals surface area contributed by atoms with Gasteiger partial charge in [-0.2, -0.15) is 0 Å². The SMILES string of the molecule is O=C1N[C@@](Cc2ccc(F)cc2)(C2CCNCC2)C(=O)N1C1CCOCC1. The van der Waals surface area contributed by atoms with Crippen LogP contribution in [-0.4, -0.2) is 54.7 Å². The summed E-state index contributed by atoms with van der Waals surface area (Å²) in [5.74, 6) is -0.374. The first-order valence-corrected chi connectivity index (χ1v) is 9.79. The lowest BCUT2D eigenvalue weighted by atomic mass is 9.74. The number of hydrogen-bond acceptors (Lipinski definition) is 4. The Labute approximate surface area is 158 Å². The second-order valence-electron chi connectivity index (χ2n) is 7.75. The van der Waals surface area contributed by atoms with Gasteiger partial charge in [-0.3, -0.25) is 9.69 Å². The fourth-order valence-corrected chi connectivity index (χ4v) is 4.67. The number of piperidine rings is 1. The number of hydrogen-bond donors (Lipinski definition) is 2. The van der Waals surface area contributed by atoms with Crippen molar-refractivity contribution in [1.82, 2.24) is 15.5 Å². The molecule has 0 radical (unpaired) electrons. The highest BCUT2D eigenvalue weighted by molar-refractivity contribution is 6.07. The third-order valence-electron chi connectivity index (χ3n) is 6.14. The van der Waals surface area contributed by atoms with E-state index in [0.717, 1.165) is 31.5 Å². The maximum Gasteiger partial charge on any atom is 0.325 e. The first-order valence-electron chi connectivity index (χ1n) is 9.79. The number of benzene rings is 1. The number of carbonyl (C=O) groups excluding carboxylic acids is 2. The lowest BCUT2D eigenvalue weighted by Crippen LogP contribution is -2.57. The van der Waals surface area contributed by atoms with Crippen molar-refractivity contribution in [2.45, 2.75) is 43.7 Å². The summed E-state index contributed by atoms with van der Waals surface area (Å²) in [6, 6.07) is 5.81. The third-order valence-corrected chi connectivity index (χ3v) is 6.14. The average Bonchev–Trinajstić information content (AvgIpc) is 2.95. The summed E-state index contributed by atoms with van der Waals surface area (Å²) in [6.45, 7) is 2.80. The number of amides is 3. The maximum atomic E-state index is 13.6. The van der Waals surface area contributed by atoms with Crippen molar-refractivity contribution in [3.63, 3.8) is 0 Å². The van der Waals surface area contributed by atoms with E-state index in [-0.39, 0.29) is 29.7 Å². The fourth-order valence-electron chi connectivity index (χ4n) is 4.67. The van der Waals surface area contributed by atoms with E-state index in [1.807, 2.05) is 0 Å². The second kappa shape index (κ2) is 7.56. The molecule has 1 aromatic carbocycles. The van der Waals surface area contributed by atoms with Crippen LogP contribution in [0.25, 0.3) is 0 Å². The molecule has 0 aliphatic carbocycles. The lowest BCUT2D eigenvalue weighted by molar-refractivity contribution is -0.136. The van der Waals surface area contributed by atoms with Gasteiger partial charge in [-0.15, -0.1) is 0 Å². The Morgan fingerprint density at radius 3 is 2.41 bits per heavy atom. The summed E-state index contributed by atoms with van der Waals surface area (Å²) >= 11 is 0. The number of imide groups is 1. The Kier molecular flexibility index (Phi) is 5.14. The predicted octanol–water partition coefficient (Wildman–Crippen LogP) is 1.84. The quantitative estimate of drug-likeness (QED) is 0.788. The molecule has 27 heavy (non-hydrogen) atoms. The number of nitrogens with zero attached hydrogens (tertiary/aromatic N) is 1. The van der Waals surface area contributed by atoms with Crippen LogP contribution in [-0.2, 0) is 16.0 Å². The van der Waals surface area contributed by atoms with Crippen LogP contribution in [0.1, 0.15) is 31.2 Å². The van der Waals surface area contributed by atoms with E-state index in [2.05, 4.69) is 10.6 Å². The molecule has 4 rings (SSSR count). The van der Waals surface area contributed by atoms with Crippen molar-refractivity contribution in [2.75, 3.05) is 26.3 Å². The normalized spacial score (nSPS) is 27.8. The molecule has 3 saturated heterocycles. The number of ether oxygens (including phenoxy) is 1. The minimum atomic E-state index is -0.949. The molecule has 0 bridgehead atoms. The monoisotopic (exact) mass is 375 g/mol. The van der Waals surface area contributed by atoms with Crippen molar-refractivity contribution in [3.05, 3.63) is 35.6 Å². The van der Waals surface area contributed by atoms with Crippen LogP contribution in [0.2, 0.25) is 0 Å². The van der Waals surface area contributed by atoms with E-state index in [4.69, 9.17) is 4.74 Å². The Morgan fingerprint density at radius 2 is 1.74 bits per heavy atom. The smallest absolute Gasteiger partial charge is 0.325 e. The van der Waals surface area contributed by atoms with Gasteiger partial charge in [-0.25, -0.2) is 9.18 Å². The minimum Gasteiger partial charge on any atom is -0.381 e. The molecule has 7 heteroatoms. The standard InChI is InChI=1S/C20H26FN3O3/c21-16-3-1-14(2-4-16)13-20(15-5-9-22-10-6-15)18(25)24(19(26)23-20)17-7-11-27-12-8-17/h1-4,15,17,22H,5-13H2,(H,23,26)/t20-/m0/s1. The number of halogens is 1. The van der Waals surface area contributed by atoms with Gasteiger partial charge in [0.25, 0.3) is 5.91 Å². The molecule has 1 aromatic rings. The van der Waals surface area contributed by atoms with Gasteiger partial charge in [-0.05, 0) is 62.4 Å². The van der Waals surface area contributed by atoms with Gasteiger partial charge in [0, 0.05) is 25.7 Å². The summed E-state index contributed by atoms with van der Waals surface area (Å²) in [4.78, 5) is 27.9. The molecule has 0 unspecified atom stereocenters. The zero-order valence-electron chi connectivity index (χ0n) is 15.4. The molecule has 3 aliphatic heterocycles. The van der Waals surface area contributed by atoms with Gasteiger partial charge in [-0.1, -0.05) is 12.1 Å². The Morgan fingerprint density at radius 1 is 1.07 bits per heavy atom. The van der Waals surface area contributed by atoms with Gasteiger partial charge in [0.05, 0.1) is 0 Å². The number of carbonyl (C=O) groups is 2. The van der Waals surface area contributed by atoms with Crippen molar-refractivity contribution < 1.29 is 18.7 Å². The minimum absolute atomic E-state index is 0.0603. The van der Waals surface area contributed by atoms with Crippen molar-refractivity contribution in [2.24, 2.45) is 5.92 Å². The predicted molar refractivity (Wildman–Crippen MR) is 97.6 cm³/mol. The number of rotatable bonds is 4. The number of nitrogens with one attached hydrogen (secondary N) is 2. The van der Waals surface area contributed by atoms with Gasteiger partial charge in [0.1, 0.15) is 11.4 Å². The topological polar surface area (TPSA) is 70.7 Å². The zero-order chi connectivity index (χ0) is 18.9. The van der Waals surface area contributed by atoms with Gasteiger partial charge >= 0.3 is 6.03 Å². The molecule has 1 atom stereocenters. The fraction of sp³-hybridized carbons (Fsp3) is 0.600. The molecular formula is C20H26FN3O3. The summed E-state index contributed by atoms with van der Waals surface area (Å²) < 4.78 is 18.7. The molecule has 0 saturated carbocycles. The molecule has 3 fully saturated rings. The van der Waals surface area contributed by atoms with E-state index in [1.165, 1.54) is 17.0 Å². The lowest BCUT2D eigenvalue weighted by Gasteiger charge is -2.38. The highest BCUT2D eigenvalue weighted by atomic mass is 19.1. The Bertz CT molecular complexity index is 699. The van der Waals surface area contributed by atoms with Gasteiger partial charge in [0.15, 0.2) is 0 Å². The van der Waals surface area contributed by atoms with Gasteiger partial charge < -0.3 is 15.4 Å². The van der Waals surface area contributed by atoms with Crippen LogP contribution < -0.4 is 10.6 Å². The largest absolute Gasteiger partial charge is 0.381 e. The third kappa shape index (κ3) is 3.46. The molecule has 0 aromatic heterocycles. The Balaban J connectivity index is 1.66. The summed E-state index contributed by atoms with van der Waals surface area (Å²) in [7, 11) is 0. The van der Waals surface area contributed by atoms with Crippen molar-refractivity contribution >= 4 is 11.9 Å². The van der Waals surface area contributed by atoms with E-state index >= 15 is 0 Å². The van der Waals surface area contributed by atoms with Crippen LogP contribution in [0.4, 0.5) is 9.18 Å². The van der Waals surface area contributed by atoms with Crippen LogP contribution in [0.3, 0.4) is 0 Å². The summed E-state index contributed by atoms with van der Waals surface area (Å²) in [6.07, 6.45) is 3.40. The molecule has 3 amide bonds. The van der Waals surface area contributed by atoms with Crippen LogP contribution >= 0.6 is 0 Å². The Hall–Kier alpha value is -1.99. The van der Waals surface area contributed by atoms with E-state index in [0.29, 0.717) is 32.5 Å². The van der Waals surface area contributed by atoms with E-state index < -0.39 is 5.54 Å². The van der Waals surface area contributed by atoms with Crippen molar-refractivity contribution in [1.29, 1.82) is 0 Å². The van der Waals surface area contributed by atoms with E-state index in [9.17, 15) is 14.0 Å². The molecular weight excluding hydrogens is 349 g/mol. The first-order chi connectivity index (χ1) is 13.1. The van der Waals surface area contributed by atoms with Gasteiger partial charge in [0.2, 0.25) is 0 Å². The highest BCUT2D eigenvalue weighted by Crippen LogP contribution is 2.37. The van der Waals surface area contributed by atoms with E-state index in [1.54, 1.807) is 12.1 Å². The average molecular weight is 375 g/mol. The molecule has 2 N–H and O–H groups in total. The van der Waals surface area contributed by atoms with Crippen LogP contribution in [0.5, 0.6) is 0 Å². The second-order valence-corrected chi connectivity index (χ2v) is 7.75. The summed E-state index contributed by atoms with van der Waals surface area (Å²) in [5, 5.41) is 6.40. The molecule has 3 heterocycles. The number of urea groups is 1. The molecule has 146 valence electrons. The molecule has 0 spiro atoms. The van der Waals surface area contributed by atoms with Crippen LogP contribution in [0.15, 0.2) is 24.3 Å². The maximum absolute atomic E-state index is 13.6. The zero-order valence-corrected chi connectivity index (χ0v) is 15.4. The van der Waals surface area contributed by atoms with Crippen molar-refractivity contribution in [3.8, 4) is 0 Å². The van der Waals surface area contributed by atoms with Crippen LogP contribution in [0, 0.1) is 11.7 Å². The first kappa shape index (κ1) is 18.4.